The number of esters is 2. The molecule has 2 unspecified atom stereocenters. The Hall–Kier alpha value is -4.19. The Morgan fingerprint density at radius 2 is 1.96 bits per heavy atom. The van der Waals surface area contributed by atoms with Gasteiger partial charge < -0.3 is 39.4 Å². The summed E-state index contributed by atoms with van der Waals surface area (Å²) in [4.78, 5) is 40.7. The zero-order chi connectivity index (χ0) is 33.3. The SMILES string of the molecule is CCC(=O)NC1CS[C@@H]2c3c(OC(C)=O)c(C)c4c(c3[C@H](COC1=O)N1C2[C@@H]2N[C@@H](Cc3cc(C)c(OC)c(O)c32)[C@@H]1C#N)OCO4. The van der Waals surface area contributed by atoms with E-state index in [4.69, 9.17) is 23.7 Å². The number of aryl methyl sites for hydroxylation is 1. The van der Waals surface area contributed by atoms with Crippen LogP contribution in [0.15, 0.2) is 6.07 Å². The molecule has 4 bridgehead atoms. The summed E-state index contributed by atoms with van der Waals surface area (Å²) >= 11 is 1.39. The van der Waals surface area contributed by atoms with Crippen molar-refractivity contribution in [1.82, 2.24) is 15.5 Å². The molecule has 7 atom stereocenters. The van der Waals surface area contributed by atoms with Crippen LogP contribution in [0, 0.1) is 25.2 Å². The molecule has 248 valence electrons. The number of carbonyl (C=O) groups is 3. The van der Waals surface area contributed by atoms with E-state index in [9.17, 15) is 24.8 Å². The van der Waals surface area contributed by atoms with Gasteiger partial charge in [-0.2, -0.15) is 5.26 Å². The number of aromatic hydroxyl groups is 1. The van der Waals surface area contributed by atoms with E-state index in [0.29, 0.717) is 51.7 Å². The van der Waals surface area contributed by atoms with Crippen molar-refractivity contribution in [3.63, 3.8) is 0 Å². The number of hydrogen-bond donors (Lipinski definition) is 3. The average molecular weight is 665 g/mol. The Kier molecular flexibility index (Phi) is 7.89. The molecule has 6 heterocycles. The molecular formula is C33H36N4O9S. The van der Waals surface area contributed by atoms with Gasteiger partial charge in [0.15, 0.2) is 23.0 Å². The number of phenolic OH excluding ortho intramolecular Hbond substituents is 1. The first kappa shape index (κ1) is 31.4. The smallest absolute Gasteiger partial charge is 0.329 e. The van der Waals surface area contributed by atoms with E-state index >= 15 is 0 Å². The number of phenols is 1. The van der Waals surface area contributed by atoms with E-state index in [1.807, 2.05) is 13.0 Å². The van der Waals surface area contributed by atoms with Crippen LogP contribution in [0.1, 0.15) is 71.0 Å². The number of benzene rings is 2. The third-order valence-corrected chi connectivity index (χ3v) is 11.2. The molecule has 2 aromatic carbocycles. The Morgan fingerprint density at radius 1 is 1.19 bits per heavy atom. The van der Waals surface area contributed by atoms with Gasteiger partial charge in [-0.15, -0.1) is 11.8 Å². The maximum atomic E-state index is 13.5. The number of amides is 1. The first-order chi connectivity index (χ1) is 22.6. The summed E-state index contributed by atoms with van der Waals surface area (Å²) < 4.78 is 29.5. The number of nitrogens with one attached hydrogen (secondary N) is 2. The number of fused-ring (bicyclic) bond motifs is 10. The molecule has 0 saturated carbocycles. The molecule has 0 radical (unpaired) electrons. The van der Waals surface area contributed by atoms with Crippen molar-refractivity contribution in [3.8, 4) is 34.8 Å². The second-order valence-corrected chi connectivity index (χ2v) is 13.6. The highest BCUT2D eigenvalue weighted by Gasteiger charge is 2.59. The summed E-state index contributed by atoms with van der Waals surface area (Å²) in [5, 5.41) is 28.4. The molecule has 0 spiro atoms. The Balaban J connectivity index is 1.51. The maximum Gasteiger partial charge on any atom is 0.329 e. The van der Waals surface area contributed by atoms with Crippen molar-refractivity contribution < 1.29 is 43.2 Å². The molecule has 2 saturated heterocycles. The van der Waals surface area contributed by atoms with E-state index in [0.717, 1.165) is 11.1 Å². The van der Waals surface area contributed by atoms with Gasteiger partial charge in [0.05, 0.1) is 30.5 Å². The third-order valence-electron chi connectivity index (χ3n) is 9.81. The highest BCUT2D eigenvalue weighted by molar-refractivity contribution is 7.99. The van der Waals surface area contributed by atoms with Crippen LogP contribution in [0.5, 0.6) is 28.7 Å². The molecule has 0 aliphatic carbocycles. The molecule has 6 aliphatic rings. The van der Waals surface area contributed by atoms with Crippen molar-refractivity contribution >= 4 is 29.6 Å². The number of thioether (sulfide) groups is 1. The zero-order valence-electron chi connectivity index (χ0n) is 26.7. The lowest BCUT2D eigenvalue weighted by Gasteiger charge is -2.59. The minimum absolute atomic E-state index is 0.0218. The van der Waals surface area contributed by atoms with Crippen LogP contribution < -0.4 is 29.6 Å². The molecule has 0 aromatic heterocycles. The van der Waals surface area contributed by atoms with Gasteiger partial charge >= 0.3 is 11.9 Å². The first-order valence-electron chi connectivity index (χ1n) is 15.6. The van der Waals surface area contributed by atoms with Crippen LogP contribution in [0.2, 0.25) is 0 Å². The lowest BCUT2D eigenvalue weighted by Crippen LogP contribution is -2.69. The Morgan fingerprint density at radius 3 is 2.66 bits per heavy atom. The molecule has 6 aliphatic heterocycles. The quantitative estimate of drug-likeness (QED) is 0.323. The minimum atomic E-state index is -0.943. The number of piperazine rings is 1. The lowest BCUT2D eigenvalue weighted by atomic mass is 9.72. The largest absolute Gasteiger partial charge is 0.504 e. The van der Waals surface area contributed by atoms with E-state index in [1.165, 1.54) is 25.8 Å². The van der Waals surface area contributed by atoms with Crippen molar-refractivity contribution in [2.75, 3.05) is 26.3 Å². The average Bonchev–Trinajstić information content (AvgIpc) is 3.53. The molecular weight excluding hydrogens is 628 g/mol. The number of ether oxygens (including phenoxy) is 5. The summed E-state index contributed by atoms with van der Waals surface area (Å²) in [7, 11) is 1.51. The van der Waals surface area contributed by atoms with E-state index in [-0.39, 0.29) is 43.3 Å². The number of rotatable bonds is 4. The predicted octanol–water partition coefficient (Wildman–Crippen LogP) is 2.78. The first-order valence-corrected chi connectivity index (χ1v) is 16.7. The lowest BCUT2D eigenvalue weighted by molar-refractivity contribution is -0.150. The van der Waals surface area contributed by atoms with Crippen molar-refractivity contribution in [2.24, 2.45) is 0 Å². The summed E-state index contributed by atoms with van der Waals surface area (Å²) in [5.41, 5.74) is 4.23. The Labute approximate surface area is 275 Å². The molecule has 8 rings (SSSR count). The number of carbonyl (C=O) groups excluding carboxylic acids is 3. The van der Waals surface area contributed by atoms with Crippen molar-refractivity contribution in [1.29, 1.82) is 5.26 Å². The van der Waals surface area contributed by atoms with Gasteiger partial charge in [-0.3, -0.25) is 14.5 Å². The second-order valence-electron chi connectivity index (χ2n) is 12.4. The van der Waals surface area contributed by atoms with Crippen LogP contribution >= 0.6 is 11.8 Å². The van der Waals surface area contributed by atoms with Gasteiger partial charge in [-0.05, 0) is 31.4 Å². The molecule has 47 heavy (non-hydrogen) atoms. The fourth-order valence-corrected chi connectivity index (χ4v) is 9.48. The van der Waals surface area contributed by atoms with Gasteiger partial charge in [0.25, 0.3) is 0 Å². The highest BCUT2D eigenvalue weighted by atomic mass is 32.2. The predicted molar refractivity (Wildman–Crippen MR) is 168 cm³/mol. The number of nitriles is 1. The van der Waals surface area contributed by atoms with Crippen molar-refractivity contribution in [2.45, 2.75) is 82.0 Å². The molecule has 1 amide bonds. The summed E-state index contributed by atoms with van der Waals surface area (Å²) in [6.45, 7) is 6.47. The van der Waals surface area contributed by atoms with E-state index in [2.05, 4.69) is 21.6 Å². The Bertz CT molecular complexity index is 1740. The molecule has 2 fully saturated rings. The monoisotopic (exact) mass is 664 g/mol. The topological polar surface area (TPSA) is 169 Å². The van der Waals surface area contributed by atoms with E-state index < -0.39 is 47.4 Å². The molecule has 14 heteroatoms. The number of hydrogen-bond acceptors (Lipinski definition) is 13. The van der Waals surface area contributed by atoms with Crippen LogP contribution in [0.3, 0.4) is 0 Å². The van der Waals surface area contributed by atoms with Crippen LogP contribution in [-0.4, -0.2) is 78.3 Å². The molecule has 2 aromatic rings. The summed E-state index contributed by atoms with van der Waals surface area (Å²) in [6.07, 6.45) is 0.659. The van der Waals surface area contributed by atoms with Gasteiger partial charge in [0, 0.05) is 53.4 Å². The summed E-state index contributed by atoms with van der Waals surface area (Å²) in [5.74, 6) is 0.306. The molecule has 3 N–H and O–H groups in total. The van der Waals surface area contributed by atoms with Crippen LogP contribution in [0.25, 0.3) is 0 Å². The normalized spacial score (nSPS) is 28.6. The number of methoxy groups -OCH3 is 1. The number of nitrogens with zero attached hydrogens (tertiary/aromatic N) is 2. The van der Waals surface area contributed by atoms with Crippen LogP contribution in [0.4, 0.5) is 0 Å². The zero-order valence-corrected chi connectivity index (χ0v) is 27.5. The third kappa shape index (κ3) is 4.77. The fraction of sp³-hybridized carbons (Fsp3) is 0.515. The van der Waals surface area contributed by atoms with Gasteiger partial charge in [-0.1, -0.05) is 13.0 Å². The van der Waals surface area contributed by atoms with E-state index in [1.54, 1.807) is 13.8 Å². The van der Waals surface area contributed by atoms with Gasteiger partial charge in [-0.25, -0.2) is 4.79 Å². The van der Waals surface area contributed by atoms with Crippen molar-refractivity contribution in [3.05, 3.63) is 39.4 Å². The minimum Gasteiger partial charge on any atom is -0.504 e. The molecule has 13 nitrogen and oxygen atoms in total. The van der Waals surface area contributed by atoms with Gasteiger partial charge in [0.1, 0.15) is 24.4 Å². The fourth-order valence-electron chi connectivity index (χ4n) is 7.97. The maximum absolute atomic E-state index is 13.5. The standard InChI is InChI=1S/C33H36N4O9S/c1-6-21(39)35-18-11-47-32-24-23(31-30(44-12-45-31)14(3)29(24)46-15(4)38)20(10-43-33(18)41)37-19(9-34)17-8-16-7-13(2)28(42-5)27(40)22(16)25(36-17)26(32)37/h7,17-20,25-26,32,36,40H,6,8,10-12H2,1-5H3,(H,35,39)/t17-,18?,19-,20-,25+,26?,32+/m0/s1. The second kappa shape index (κ2) is 11.8. The van der Waals surface area contributed by atoms with Crippen LogP contribution in [-0.2, 0) is 25.5 Å². The van der Waals surface area contributed by atoms with Gasteiger partial charge in [0.2, 0.25) is 12.7 Å². The highest BCUT2D eigenvalue weighted by Crippen LogP contribution is 2.62. The summed E-state index contributed by atoms with van der Waals surface area (Å²) in [6, 6.07) is 0.828.